The molecule has 1 heterocycles. The van der Waals surface area contributed by atoms with Crippen LogP contribution in [0.25, 0.3) is 0 Å². The number of carbonyl (C=O) groups is 1. The number of esters is 1. The van der Waals surface area contributed by atoms with Gasteiger partial charge in [-0.15, -0.1) is 0 Å². The van der Waals surface area contributed by atoms with Crippen molar-refractivity contribution in [3.05, 3.63) is 0 Å². The number of aliphatic hydroxyl groups is 2. The molecule has 2 N–H and O–H groups in total. The van der Waals surface area contributed by atoms with Crippen LogP contribution in [0.3, 0.4) is 0 Å². The van der Waals surface area contributed by atoms with Crippen LogP contribution >= 0.6 is 0 Å². The molecule has 5 heteroatoms. The predicted molar refractivity (Wildman–Crippen MR) is 33.8 cm³/mol. The third kappa shape index (κ3) is 2.83. The topological polar surface area (TPSA) is 79.3 Å². The van der Waals surface area contributed by atoms with E-state index in [4.69, 9.17) is 10.2 Å². The van der Waals surface area contributed by atoms with E-state index in [9.17, 15) is 4.79 Å². The van der Waals surface area contributed by atoms with Gasteiger partial charge in [0.15, 0.2) is 6.10 Å². The Bertz CT molecular complexity index is 142. The fourth-order valence-electron chi connectivity index (χ4n) is 0.508. The van der Waals surface area contributed by atoms with Gasteiger partial charge in [-0.1, -0.05) is 0 Å². The highest BCUT2D eigenvalue weighted by Crippen LogP contribution is 2.10. The van der Waals surface area contributed by atoms with E-state index in [1.807, 2.05) is 0 Å². The molecule has 0 spiro atoms. The molecule has 1 aliphatic rings. The SMILES string of the molecule is O=C(OCC(O)CO)C1CO1. The summed E-state index contributed by atoms with van der Waals surface area (Å²) in [5, 5.41) is 17.1. The van der Waals surface area contributed by atoms with Crippen LogP contribution in [-0.2, 0) is 14.3 Å². The zero-order chi connectivity index (χ0) is 8.27. The predicted octanol–water partition coefficient (Wildman–Crippen LogP) is -1.72. The highest BCUT2D eigenvalue weighted by Gasteiger charge is 2.33. The van der Waals surface area contributed by atoms with Crippen LogP contribution in [0.15, 0.2) is 0 Å². The van der Waals surface area contributed by atoms with Crippen LogP contribution in [0.5, 0.6) is 0 Å². The Morgan fingerprint density at radius 1 is 1.82 bits per heavy atom. The lowest BCUT2D eigenvalue weighted by atomic mass is 10.4. The Morgan fingerprint density at radius 2 is 2.45 bits per heavy atom. The minimum Gasteiger partial charge on any atom is -0.461 e. The fourth-order valence-corrected chi connectivity index (χ4v) is 0.508. The van der Waals surface area contributed by atoms with E-state index in [1.165, 1.54) is 0 Å². The van der Waals surface area contributed by atoms with Gasteiger partial charge in [0.05, 0.1) is 13.2 Å². The molecule has 64 valence electrons. The normalized spacial score (nSPS) is 24.4. The Morgan fingerprint density at radius 3 is 2.91 bits per heavy atom. The molecule has 1 fully saturated rings. The van der Waals surface area contributed by atoms with Gasteiger partial charge in [-0.05, 0) is 0 Å². The summed E-state index contributed by atoms with van der Waals surface area (Å²) in [6.07, 6.45) is -1.43. The second kappa shape index (κ2) is 3.66. The molecule has 1 rings (SSSR count). The lowest BCUT2D eigenvalue weighted by molar-refractivity contribution is -0.148. The maximum Gasteiger partial charge on any atom is 0.337 e. The number of hydrogen-bond acceptors (Lipinski definition) is 5. The first-order valence-corrected chi connectivity index (χ1v) is 3.31. The molecule has 1 saturated heterocycles. The Labute approximate surface area is 63.5 Å². The summed E-state index contributed by atoms with van der Waals surface area (Å²) in [5.74, 6) is -0.475. The first kappa shape index (κ1) is 8.45. The van der Waals surface area contributed by atoms with Crippen LogP contribution in [0.4, 0.5) is 0 Å². The quantitative estimate of drug-likeness (QED) is 0.380. The fraction of sp³-hybridized carbons (Fsp3) is 0.833. The zero-order valence-electron chi connectivity index (χ0n) is 5.90. The summed E-state index contributed by atoms with van der Waals surface area (Å²) >= 11 is 0. The number of ether oxygens (including phenoxy) is 2. The van der Waals surface area contributed by atoms with E-state index in [0.717, 1.165) is 0 Å². The Kier molecular flexibility index (Phi) is 2.81. The number of aliphatic hydroxyl groups excluding tert-OH is 2. The van der Waals surface area contributed by atoms with E-state index in [2.05, 4.69) is 9.47 Å². The van der Waals surface area contributed by atoms with E-state index in [1.54, 1.807) is 0 Å². The van der Waals surface area contributed by atoms with Crippen LogP contribution in [-0.4, -0.2) is 48.2 Å². The van der Waals surface area contributed by atoms with Gasteiger partial charge in [0.25, 0.3) is 0 Å². The molecule has 0 aromatic rings. The summed E-state index contributed by atoms with van der Waals surface area (Å²) < 4.78 is 9.16. The van der Waals surface area contributed by atoms with Gasteiger partial charge >= 0.3 is 5.97 Å². The van der Waals surface area contributed by atoms with Crippen molar-refractivity contribution in [2.45, 2.75) is 12.2 Å². The average Bonchev–Trinajstić information content (AvgIpc) is 2.81. The Balaban J connectivity index is 2.05. The van der Waals surface area contributed by atoms with Crippen LogP contribution in [0.2, 0.25) is 0 Å². The minimum atomic E-state index is -0.988. The molecule has 0 amide bonds. The molecule has 0 aromatic carbocycles. The number of hydrogen-bond donors (Lipinski definition) is 2. The van der Waals surface area contributed by atoms with Gasteiger partial charge in [-0.25, -0.2) is 4.79 Å². The second-order valence-corrected chi connectivity index (χ2v) is 2.29. The highest BCUT2D eigenvalue weighted by atomic mass is 16.6. The summed E-state index contributed by atoms with van der Waals surface area (Å²) in [4.78, 5) is 10.7. The molecule has 5 nitrogen and oxygen atoms in total. The molecule has 2 unspecified atom stereocenters. The minimum absolute atomic E-state index is 0.171. The lowest BCUT2D eigenvalue weighted by Crippen LogP contribution is -2.23. The van der Waals surface area contributed by atoms with Crippen molar-refractivity contribution in [1.82, 2.24) is 0 Å². The molecular weight excluding hydrogens is 152 g/mol. The van der Waals surface area contributed by atoms with Crippen molar-refractivity contribution >= 4 is 5.97 Å². The standard InChI is InChI=1S/C6H10O5/c7-1-4(8)2-11-6(9)5-3-10-5/h4-5,7-8H,1-3H2. The molecule has 0 saturated carbocycles. The molecule has 1 aliphatic heterocycles. The monoisotopic (exact) mass is 162 g/mol. The van der Waals surface area contributed by atoms with Crippen LogP contribution in [0.1, 0.15) is 0 Å². The van der Waals surface area contributed by atoms with Gasteiger partial charge < -0.3 is 19.7 Å². The van der Waals surface area contributed by atoms with E-state index >= 15 is 0 Å². The summed E-state index contributed by atoms with van der Waals surface area (Å²) in [6, 6.07) is 0. The summed E-state index contributed by atoms with van der Waals surface area (Å²) in [5.41, 5.74) is 0. The van der Waals surface area contributed by atoms with Gasteiger partial charge in [-0.3, -0.25) is 0 Å². The number of epoxide rings is 1. The van der Waals surface area contributed by atoms with Crippen molar-refractivity contribution < 1.29 is 24.5 Å². The first-order valence-electron chi connectivity index (χ1n) is 3.31. The number of rotatable bonds is 4. The van der Waals surface area contributed by atoms with Gasteiger partial charge in [0.1, 0.15) is 12.7 Å². The van der Waals surface area contributed by atoms with Crippen molar-refractivity contribution in [3.63, 3.8) is 0 Å². The third-order valence-electron chi connectivity index (χ3n) is 1.22. The molecule has 0 aliphatic carbocycles. The number of carbonyl (C=O) groups excluding carboxylic acids is 1. The maximum absolute atomic E-state index is 10.7. The van der Waals surface area contributed by atoms with E-state index in [0.29, 0.717) is 6.61 Å². The van der Waals surface area contributed by atoms with Crippen molar-refractivity contribution in [2.24, 2.45) is 0 Å². The second-order valence-electron chi connectivity index (χ2n) is 2.29. The summed E-state index contributed by atoms with van der Waals surface area (Å²) in [6.45, 7) is -0.179. The maximum atomic E-state index is 10.7. The molecule has 0 bridgehead atoms. The zero-order valence-corrected chi connectivity index (χ0v) is 5.90. The Hall–Kier alpha value is -0.650. The summed E-state index contributed by atoms with van der Waals surface area (Å²) in [7, 11) is 0. The van der Waals surface area contributed by atoms with E-state index < -0.39 is 24.8 Å². The molecular formula is C6H10O5. The molecule has 11 heavy (non-hydrogen) atoms. The van der Waals surface area contributed by atoms with Gasteiger partial charge in [0, 0.05) is 0 Å². The van der Waals surface area contributed by atoms with Gasteiger partial charge in [0.2, 0.25) is 0 Å². The lowest BCUT2D eigenvalue weighted by Gasteiger charge is -2.06. The largest absolute Gasteiger partial charge is 0.461 e. The van der Waals surface area contributed by atoms with Crippen LogP contribution in [0, 0.1) is 0 Å². The van der Waals surface area contributed by atoms with Gasteiger partial charge in [-0.2, -0.15) is 0 Å². The molecule has 0 radical (unpaired) electrons. The smallest absolute Gasteiger partial charge is 0.337 e. The highest BCUT2D eigenvalue weighted by molar-refractivity contribution is 5.76. The molecule has 2 atom stereocenters. The van der Waals surface area contributed by atoms with Crippen molar-refractivity contribution in [3.8, 4) is 0 Å². The van der Waals surface area contributed by atoms with Crippen molar-refractivity contribution in [1.29, 1.82) is 0 Å². The average molecular weight is 162 g/mol. The van der Waals surface area contributed by atoms with Crippen molar-refractivity contribution in [2.75, 3.05) is 19.8 Å². The molecule has 0 aromatic heterocycles. The van der Waals surface area contributed by atoms with Crippen LogP contribution < -0.4 is 0 Å². The third-order valence-corrected chi connectivity index (χ3v) is 1.22. The first-order chi connectivity index (χ1) is 5.24. The van der Waals surface area contributed by atoms with E-state index in [-0.39, 0.29) is 6.61 Å².